The third kappa shape index (κ3) is 4.93. The number of fused-ring (bicyclic) bond motifs is 1. The lowest BCUT2D eigenvalue weighted by Crippen LogP contribution is -2.50. The van der Waals surface area contributed by atoms with Crippen molar-refractivity contribution in [3.05, 3.63) is 60.6 Å². The molecule has 0 aliphatic carbocycles. The molecule has 1 saturated heterocycles. The lowest BCUT2D eigenvalue weighted by atomic mass is 10.0. The number of hydrogen-bond acceptors (Lipinski definition) is 7. The lowest BCUT2D eigenvalue weighted by Gasteiger charge is -2.35. The summed E-state index contributed by atoms with van der Waals surface area (Å²) in [6.07, 6.45) is 3.47. The molecule has 0 saturated carbocycles. The molecule has 36 heavy (non-hydrogen) atoms. The highest BCUT2D eigenvalue weighted by atomic mass is 16.5. The molecule has 3 aromatic heterocycles. The first-order valence-corrected chi connectivity index (χ1v) is 12.1. The molecule has 4 heterocycles. The summed E-state index contributed by atoms with van der Waals surface area (Å²) < 4.78 is 5.54. The summed E-state index contributed by atoms with van der Waals surface area (Å²) in [4.78, 5) is 28.7. The van der Waals surface area contributed by atoms with E-state index in [1.165, 1.54) is 0 Å². The number of aromatic amines is 1. The summed E-state index contributed by atoms with van der Waals surface area (Å²) in [5.41, 5.74) is 4.61. The number of nitrogens with zero attached hydrogens (tertiary/aromatic N) is 6. The van der Waals surface area contributed by atoms with E-state index in [-0.39, 0.29) is 5.91 Å². The Morgan fingerprint density at radius 2 is 1.86 bits per heavy atom. The van der Waals surface area contributed by atoms with Crippen molar-refractivity contribution < 1.29 is 9.53 Å². The number of para-hydroxylation sites is 1. The van der Waals surface area contributed by atoms with Crippen molar-refractivity contribution in [3.8, 4) is 28.1 Å². The van der Waals surface area contributed by atoms with Crippen LogP contribution in [-0.4, -0.2) is 101 Å². The Balaban J connectivity index is 1.37. The maximum absolute atomic E-state index is 13.2. The SMILES string of the molecule is COc1ccccc1-c1[nH]nc2ncc(-c3ccnc(C(=O)N4CCN(CCN(C)C)CC4)c3)cc12. The van der Waals surface area contributed by atoms with Crippen LogP contribution in [0.4, 0.5) is 0 Å². The zero-order valence-electron chi connectivity index (χ0n) is 20.9. The number of amides is 1. The second kappa shape index (κ2) is 10.4. The fraction of sp³-hybridized carbons (Fsp3) is 0.333. The number of pyridine rings is 2. The fourth-order valence-electron chi connectivity index (χ4n) is 4.52. The molecule has 5 rings (SSSR count). The maximum Gasteiger partial charge on any atom is 0.272 e. The molecule has 0 radical (unpaired) electrons. The van der Waals surface area contributed by atoms with Crippen molar-refractivity contribution in [3.63, 3.8) is 0 Å². The largest absolute Gasteiger partial charge is 0.496 e. The van der Waals surface area contributed by atoms with Crippen molar-refractivity contribution in [2.24, 2.45) is 0 Å². The first-order valence-electron chi connectivity index (χ1n) is 12.1. The maximum atomic E-state index is 13.2. The quantitative estimate of drug-likeness (QED) is 0.430. The highest BCUT2D eigenvalue weighted by Gasteiger charge is 2.23. The van der Waals surface area contributed by atoms with E-state index in [9.17, 15) is 4.79 Å². The number of piperazine rings is 1. The third-order valence-corrected chi connectivity index (χ3v) is 6.62. The van der Waals surface area contributed by atoms with E-state index >= 15 is 0 Å². The van der Waals surface area contributed by atoms with Crippen LogP contribution < -0.4 is 4.74 Å². The number of carbonyl (C=O) groups is 1. The van der Waals surface area contributed by atoms with Crippen LogP contribution >= 0.6 is 0 Å². The van der Waals surface area contributed by atoms with Crippen molar-refractivity contribution in [2.45, 2.75) is 0 Å². The number of carbonyl (C=O) groups excluding carboxylic acids is 1. The summed E-state index contributed by atoms with van der Waals surface area (Å²) in [5.74, 6) is 0.725. The predicted molar refractivity (Wildman–Crippen MR) is 140 cm³/mol. The van der Waals surface area contributed by atoms with Crippen LogP contribution in [0.1, 0.15) is 10.5 Å². The summed E-state index contributed by atoms with van der Waals surface area (Å²) in [5, 5.41) is 8.36. The van der Waals surface area contributed by atoms with E-state index in [0.29, 0.717) is 24.4 Å². The number of ether oxygens (including phenoxy) is 1. The molecule has 0 bridgehead atoms. The average molecular weight is 486 g/mol. The number of methoxy groups -OCH3 is 1. The topological polar surface area (TPSA) is 90.5 Å². The molecule has 9 heteroatoms. The first-order chi connectivity index (χ1) is 17.5. The number of likely N-dealkylation sites (N-methyl/N-ethyl adjacent to an activating group) is 1. The number of aromatic nitrogens is 4. The van der Waals surface area contributed by atoms with E-state index in [4.69, 9.17) is 4.74 Å². The van der Waals surface area contributed by atoms with Gasteiger partial charge in [-0.15, -0.1) is 0 Å². The minimum atomic E-state index is -0.0313. The first kappa shape index (κ1) is 23.9. The van der Waals surface area contributed by atoms with Crippen molar-refractivity contribution >= 4 is 16.9 Å². The fourth-order valence-corrected chi connectivity index (χ4v) is 4.52. The molecule has 4 aromatic rings. The Morgan fingerprint density at radius 1 is 1.06 bits per heavy atom. The molecule has 1 N–H and O–H groups in total. The average Bonchev–Trinajstić information content (AvgIpc) is 3.35. The number of nitrogens with one attached hydrogen (secondary N) is 1. The highest BCUT2D eigenvalue weighted by molar-refractivity contribution is 5.96. The van der Waals surface area contributed by atoms with Gasteiger partial charge in [0.15, 0.2) is 5.65 Å². The summed E-state index contributed by atoms with van der Waals surface area (Å²) in [6, 6.07) is 13.6. The van der Waals surface area contributed by atoms with Gasteiger partial charge in [-0.3, -0.25) is 19.8 Å². The molecule has 1 aliphatic rings. The summed E-state index contributed by atoms with van der Waals surface area (Å²) in [6.45, 7) is 5.22. The second-order valence-corrected chi connectivity index (χ2v) is 9.26. The van der Waals surface area contributed by atoms with Gasteiger partial charge in [-0.05, 0) is 50.0 Å². The van der Waals surface area contributed by atoms with Gasteiger partial charge in [-0.25, -0.2) is 4.98 Å². The number of rotatable bonds is 7. The van der Waals surface area contributed by atoms with Crippen LogP contribution in [0.3, 0.4) is 0 Å². The van der Waals surface area contributed by atoms with Crippen molar-refractivity contribution in [1.29, 1.82) is 0 Å². The van der Waals surface area contributed by atoms with E-state index in [1.54, 1.807) is 19.5 Å². The normalized spacial score (nSPS) is 14.5. The zero-order valence-corrected chi connectivity index (χ0v) is 20.9. The van der Waals surface area contributed by atoms with E-state index < -0.39 is 0 Å². The third-order valence-electron chi connectivity index (χ3n) is 6.62. The van der Waals surface area contributed by atoms with E-state index in [1.807, 2.05) is 47.4 Å². The molecule has 0 spiro atoms. The van der Waals surface area contributed by atoms with Gasteiger partial charge in [-0.1, -0.05) is 12.1 Å². The Kier molecular flexibility index (Phi) is 6.92. The Bertz CT molecular complexity index is 1360. The second-order valence-electron chi connectivity index (χ2n) is 9.26. The molecule has 0 atom stereocenters. The molecule has 0 unspecified atom stereocenters. The number of hydrogen-bond donors (Lipinski definition) is 1. The Morgan fingerprint density at radius 3 is 2.64 bits per heavy atom. The molecule has 1 aromatic carbocycles. The van der Waals surface area contributed by atoms with Crippen LogP contribution in [0.25, 0.3) is 33.4 Å². The molecule has 1 amide bonds. The number of benzene rings is 1. The van der Waals surface area contributed by atoms with Gasteiger partial charge in [0.05, 0.1) is 12.8 Å². The van der Waals surface area contributed by atoms with E-state index in [0.717, 1.165) is 59.7 Å². The van der Waals surface area contributed by atoms with Crippen LogP contribution in [0.2, 0.25) is 0 Å². The van der Waals surface area contributed by atoms with Crippen LogP contribution in [0.5, 0.6) is 5.75 Å². The summed E-state index contributed by atoms with van der Waals surface area (Å²) >= 11 is 0. The Hall–Kier alpha value is -3.82. The molecular formula is C27H31N7O2. The minimum absolute atomic E-state index is 0.0313. The zero-order chi connectivity index (χ0) is 25.1. The Labute approximate surface area is 210 Å². The minimum Gasteiger partial charge on any atom is -0.496 e. The van der Waals surface area contributed by atoms with E-state index in [2.05, 4.69) is 44.1 Å². The molecule has 186 valence electrons. The smallest absolute Gasteiger partial charge is 0.272 e. The number of H-pyrrole nitrogens is 1. The van der Waals surface area contributed by atoms with Gasteiger partial charge in [0.2, 0.25) is 0 Å². The van der Waals surface area contributed by atoms with Gasteiger partial charge in [0.1, 0.15) is 11.4 Å². The van der Waals surface area contributed by atoms with Gasteiger partial charge in [0.25, 0.3) is 5.91 Å². The van der Waals surface area contributed by atoms with Crippen LogP contribution in [0, 0.1) is 0 Å². The summed E-state index contributed by atoms with van der Waals surface area (Å²) in [7, 11) is 5.81. The van der Waals surface area contributed by atoms with Crippen molar-refractivity contribution in [2.75, 3.05) is 60.5 Å². The predicted octanol–water partition coefficient (Wildman–Crippen LogP) is 3.01. The van der Waals surface area contributed by atoms with Gasteiger partial charge < -0.3 is 14.5 Å². The van der Waals surface area contributed by atoms with Crippen LogP contribution in [-0.2, 0) is 0 Å². The van der Waals surface area contributed by atoms with Crippen molar-refractivity contribution in [1.82, 2.24) is 34.9 Å². The standard InChI is InChI=1S/C27H31N7O2/c1-32(2)10-11-33-12-14-34(15-13-33)27(35)23-17-19(8-9-28-23)20-16-22-25(30-31-26(22)29-18-20)21-6-4-5-7-24(21)36-3/h4-9,16-18H,10-15H2,1-3H3,(H,29,30,31). The molecule has 1 fully saturated rings. The monoisotopic (exact) mass is 485 g/mol. The molecule has 1 aliphatic heterocycles. The molecule has 9 nitrogen and oxygen atoms in total. The van der Waals surface area contributed by atoms with Gasteiger partial charge >= 0.3 is 0 Å². The highest BCUT2D eigenvalue weighted by Crippen LogP contribution is 2.34. The van der Waals surface area contributed by atoms with Gasteiger partial charge in [-0.2, -0.15) is 5.10 Å². The van der Waals surface area contributed by atoms with Gasteiger partial charge in [0, 0.05) is 68.2 Å². The molecular weight excluding hydrogens is 454 g/mol. The van der Waals surface area contributed by atoms with Crippen LogP contribution in [0.15, 0.2) is 54.9 Å². The lowest BCUT2D eigenvalue weighted by molar-refractivity contribution is 0.0624.